The van der Waals surface area contributed by atoms with Crippen LogP contribution in [0.1, 0.15) is 25.3 Å². The molecule has 11 nitrogen and oxygen atoms in total. The summed E-state index contributed by atoms with van der Waals surface area (Å²) >= 11 is 0. The van der Waals surface area contributed by atoms with Gasteiger partial charge in [-0.15, -0.1) is 5.10 Å². The first kappa shape index (κ1) is 28.4. The molecule has 0 bridgehead atoms. The molecule has 4 aliphatic heterocycles. The third-order valence-electron chi connectivity index (χ3n) is 9.41. The highest BCUT2D eigenvalue weighted by Crippen LogP contribution is 2.57. The first-order valence-corrected chi connectivity index (χ1v) is 15.1. The number of ether oxygens (including phenoxy) is 2. The molecule has 1 unspecified atom stereocenters. The summed E-state index contributed by atoms with van der Waals surface area (Å²) < 4.78 is 14.2. The number of fused-ring (bicyclic) bond motifs is 3. The fourth-order valence-electron chi connectivity index (χ4n) is 7.46. The molecule has 2 saturated heterocycles. The molecule has 2 aromatic carbocycles. The number of aromatic nitrogens is 3. The van der Waals surface area contributed by atoms with E-state index in [1.165, 1.54) is 4.90 Å². The number of allylic oxidation sites excluding steroid dienone is 1. The van der Waals surface area contributed by atoms with Gasteiger partial charge in [-0.3, -0.25) is 14.4 Å². The van der Waals surface area contributed by atoms with E-state index in [2.05, 4.69) is 10.3 Å². The summed E-state index contributed by atoms with van der Waals surface area (Å²) in [6.45, 7) is 1.97. The summed E-state index contributed by atoms with van der Waals surface area (Å²) in [5, 5.41) is 19.2. The minimum Gasteiger partial charge on any atom is -0.465 e. The van der Waals surface area contributed by atoms with Crippen LogP contribution in [0, 0.1) is 11.8 Å². The second kappa shape index (κ2) is 11.0. The van der Waals surface area contributed by atoms with Gasteiger partial charge < -0.3 is 24.4 Å². The summed E-state index contributed by atoms with van der Waals surface area (Å²) in [4.78, 5) is 46.2. The average molecular weight is 598 g/mol. The molecule has 0 saturated carbocycles. The highest BCUT2D eigenvalue weighted by Gasteiger charge is 2.75. The second-order valence-corrected chi connectivity index (χ2v) is 12.2. The van der Waals surface area contributed by atoms with Gasteiger partial charge in [0.25, 0.3) is 5.91 Å². The normalized spacial score (nSPS) is 31.4. The number of hydrogen-bond donors (Lipinski definition) is 1. The Kier molecular flexibility index (Phi) is 7.09. The minimum absolute atomic E-state index is 0.0914. The molecule has 1 N–H and O–H groups in total. The van der Waals surface area contributed by atoms with Gasteiger partial charge in [-0.2, -0.15) is 0 Å². The maximum absolute atomic E-state index is 14.8. The van der Waals surface area contributed by atoms with Gasteiger partial charge in [0.2, 0.25) is 5.91 Å². The summed E-state index contributed by atoms with van der Waals surface area (Å²) in [5.74, 6) is -3.28. The van der Waals surface area contributed by atoms with Crippen LogP contribution in [0.15, 0.2) is 78.9 Å². The van der Waals surface area contributed by atoms with E-state index in [4.69, 9.17) is 9.47 Å². The number of carbonyl (C=O) groups is 3. The number of aliphatic hydroxyl groups excluding tert-OH is 1. The van der Waals surface area contributed by atoms with Gasteiger partial charge in [-0.05, 0) is 43.9 Å². The quantitative estimate of drug-likeness (QED) is 0.339. The molecule has 44 heavy (non-hydrogen) atoms. The van der Waals surface area contributed by atoms with Gasteiger partial charge >= 0.3 is 5.97 Å². The molecule has 2 amide bonds. The molecule has 1 aromatic heterocycles. The Morgan fingerprint density at radius 3 is 2.61 bits per heavy atom. The van der Waals surface area contributed by atoms with Crippen molar-refractivity contribution in [2.45, 2.75) is 56.1 Å². The van der Waals surface area contributed by atoms with Crippen molar-refractivity contribution in [2.75, 3.05) is 19.8 Å². The van der Waals surface area contributed by atoms with Crippen LogP contribution in [0.25, 0.3) is 11.0 Å². The molecule has 6 atom stereocenters. The topological polar surface area (TPSA) is 127 Å². The summed E-state index contributed by atoms with van der Waals surface area (Å²) in [6, 6.07) is 15.1. The van der Waals surface area contributed by atoms with E-state index in [1.54, 1.807) is 22.6 Å². The van der Waals surface area contributed by atoms with Crippen LogP contribution >= 0.6 is 0 Å². The molecule has 3 aromatic rings. The zero-order chi connectivity index (χ0) is 30.5. The van der Waals surface area contributed by atoms with E-state index in [-0.39, 0.29) is 32.3 Å². The number of para-hydroxylation sites is 1. The van der Waals surface area contributed by atoms with Crippen molar-refractivity contribution >= 4 is 28.8 Å². The number of amides is 2. The van der Waals surface area contributed by atoms with Crippen LogP contribution in [-0.2, 0) is 36.9 Å². The molecule has 1 spiro atoms. The average Bonchev–Trinajstić information content (AvgIpc) is 3.60. The van der Waals surface area contributed by atoms with E-state index in [1.807, 2.05) is 72.8 Å². The number of nitrogens with zero attached hydrogens (tertiary/aromatic N) is 5. The number of esters is 1. The van der Waals surface area contributed by atoms with Crippen molar-refractivity contribution in [2.24, 2.45) is 11.8 Å². The molecular weight excluding hydrogens is 562 g/mol. The number of rotatable bonds is 6. The Bertz CT molecular complexity index is 1650. The molecular formula is C33H35N5O6. The Labute approximate surface area is 254 Å². The summed E-state index contributed by atoms with van der Waals surface area (Å²) in [6.07, 6.45) is 9.10. The lowest BCUT2D eigenvalue weighted by Crippen LogP contribution is -2.59. The third-order valence-corrected chi connectivity index (χ3v) is 9.41. The lowest BCUT2D eigenvalue weighted by molar-refractivity contribution is -0.161. The molecule has 11 heteroatoms. The SMILES string of the molecule is C[C@]12/C=C\CCCOC(=O)[C@H]1[C@H]1C(=O)N([C@@H](CO)Cc3ccccc3)C3C(=O)N(Cn4nnc5ccccc54)CC=C[C@@]31O2. The predicted octanol–water partition coefficient (Wildman–Crippen LogP) is 2.25. The Balaban J connectivity index is 1.33. The zero-order valence-corrected chi connectivity index (χ0v) is 24.5. The van der Waals surface area contributed by atoms with Gasteiger partial charge in [-0.1, -0.05) is 72.0 Å². The maximum atomic E-state index is 14.8. The largest absolute Gasteiger partial charge is 0.465 e. The summed E-state index contributed by atoms with van der Waals surface area (Å²) in [5.41, 5.74) is -0.262. The van der Waals surface area contributed by atoms with Gasteiger partial charge in [0.05, 0.1) is 36.3 Å². The maximum Gasteiger partial charge on any atom is 0.313 e. The van der Waals surface area contributed by atoms with E-state index in [0.29, 0.717) is 24.8 Å². The molecule has 2 fully saturated rings. The molecule has 4 aliphatic rings. The van der Waals surface area contributed by atoms with Gasteiger partial charge in [0, 0.05) is 6.54 Å². The van der Waals surface area contributed by atoms with Crippen LogP contribution in [0.4, 0.5) is 0 Å². The van der Waals surface area contributed by atoms with E-state index < -0.39 is 47.0 Å². The lowest BCUT2D eigenvalue weighted by atomic mass is 9.74. The van der Waals surface area contributed by atoms with Crippen LogP contribution in [-0.4, -0.2) is 90.7 Å². The minimum atomic E-state index is -1.46. The van der Waals surface area contributed by atoms with Crippen molar-refractivity contribution in [3.8, 4) is 0 Å². The molecule has 5 heterocycles. The molecule has 228 valence electrons. The van der Waals surface area contributed by atoms with Crippen LogP contribution in [0.3, 0.4) is 0 Å². The van der Waals surface area contributed by atoms with E-state index >= 15 is 0 Å². The lowest BCUT2D eigenvalue weighted by Gasteiger charge is -2.40. The second-order valence-electron chi connectivity index (χ2n) is 12.2. The van der Waals surface area contributed by atoms with Crippen molar-refractivity contribution in [1.29, 1.82) is 0 Å². The zero-order valence-electron chi connectivity index (χ0n) is 24.5. The van der Waals surface area contributed by atoms with Crippen LogP contribution < -0.4 is 0 Å². The van der Waals surface area contributed by atoms with Crippen molar-refractivity contribution in [3.05, 3.63) is 84.5 Å². The fraction of sp³-hybridized carbons (Fsp3) is 0.424. The van der Waals surface area contributed by atoms with E-state index in [9.17, 15) is 19.5 Å². The standard InChI is InChI=1S/C33H35N5O6/c1-32-15-8-3-9-18-43-31(42)27(32)26-29(40)38(23(20-39)19-22-11-4-2-5-12-22)28-30(41)36(17-10-16-33(26,28)44-32)21-37-25-14-7-6-13-24(25)34-35-37/h2,4-8,10-16,23,26-28,39H,3,9,17-21H2,1H3/b15-8-/t23-,26+,27-,28?,32+,33+/m1/s1. The highest BCUT2D eigenvalue weighted by atomic mass is 16.6. The summed E-state index contributed by atoms with van der Waals surface area (Å²) in [7, 11) is 0. The Hall–Kier alpha value is -4.35. The van der Waals surface area contributed by atoms with Gasteiger partial charge in [0.15, 0.2) is 0 Å². The van der Waals surface area contributed by atoms with E-state index in [0.717, 1.165) is 11.1 Å². The fourth-order valence-corrected chi connectivity index (χ4v) is 7.46. The Morgan fingerprint density at radius 1 is 1.00 bits per heavy atom. The number of hydrogen-bond acceptors (Lipinski definition) is 8. The number of likely N-dealkylation sites (tertiary alicyclic amines) is 1. The molecule has 7 rings (SSSR count). The third kappa shape index (κ3) is 4.45. The number of cyclic esters (lactones) is 1. The van der Waals surface area contributed by atoms with Crippen molar-refractivity contribution in [3.63, 3.8) is 0 Å². The first-order chi connectivity index (χ1) is 21.4. The highest BCUT2D eigenvalue weighted by molar-refractivity contribution is 5.99. The van der Waals surface area contributed by atoms with Crippen molar-refractivity contribution in [1.82, 2.24) is 24.8 Å². The van der Waals surface area contributed by atoms with Crippen molar-refractivity contribution < 1.29 is 29.0 Å². The van der Waals surface area contributed by atoms with Crippen LogP contribution in [0.5, 0.6) is 0 Å². The number of carbonyl (C=O) groups excluding carboxylic acids is 3. The van der Waals surface area contributed by atoms with Crippen LogP contribution in [0.2, 0.25) is 0 Å². The predicted molar refractivity (Wildman–Crippen MR) is 159 cm³/mol. The monoisotopic (exact) mass is 597 g/mol. The molecule has 0 aliphatic carbocycles. The Morgan fingerprint density at radius 2 is 1.80 bits per heavy atom. The number of aliphatic hydroxyl groups is 1. The smallest absolute Gasteiger partial charge is 0.313 e. The number of benzene rings is 2. The van der Waals surface area contributed by atoms with Gasteiger partial charge in [-0.25, -0.2) is 4.68 Å². The first-order valence-electron chi connectivity index (χ1n) is 15.1. The van der Waals surface area contributed by atoms with Gasteiger partial charge in [0.1, 0.15) is 29.7 Å². The molecule has 0 radical (unpaired) electrons.